The molecule has 20 heavy (non-hydrogen) atoms. The molecule has 0 atom stereocenters. The van der Waals surface area contributed by atoms with Crippen LogP contribution in [0.25, 0.3) is 0 Å². The van der Waals surface area contributed by atoms with Crippen molar-refractivity contribution in [2.24, 2.45) is 0 Å². The number of hydrogen-bond donors (Lipinski definition) is 0. The van der Waals surface area contributed by atoms with Crippen molar-refractivity contribution in [2.75, 3.05) is 7.11 Å². The molecule has 2 rings (SSSR count). The molecular formula is C16H14ClNO2. The van der Waals surface area contributed by atoms with E-state index in [0.717, 1.165) is 11.1 Å². The van der Waals surface area contributed by atoms with Gasteiger partial charge in [0.25, 0.3) is 0 Å². The second-order valence-corrected chi connectivity index (χ2v) is 4.49. The molecule has 2 aromatic rings. The predicted octanol–water partition coefficient (Wildman–Crippen LogP) is 3.88. The molecule has 0 unspecified atom stereocenters. The zero-order chi connectivity index (χ0) is 14.4. The summed E-state index contributed by atoms with van der Waals surface area (Å²) in [6, 6.07) is 15.0. The fourth-order valence-electron chi connectivity index (χ4n) is 1.81. The monoisotopic (exact) mass is 287 g/mol. The van der Waals surface area contributed by atoms with Crippen LogP contribution in [0.15, 0.2) is 42.5 Å². The Kier molecular flexibility index (Phi) is 4.86. The lowest BCUT2D eigenvalue weighted by Crippen LogP contribution is -1.98. The van der Waals surface area contributed by atoms with Crippen molar-refractivity contribution < 1.29 is 9.47 Å². The van der Waals surface area contributed by atoms with Gasteiger partial charge in [-0.25, -0.2) is 0 Å². The molecule has 4 heteroatoms. The Morgan fingerprint density at radius 2 is 1.95 bits per heavy atom. The van der Waals surface area contributed by atoms with E-state index < -0.39 is 0 Å². The highest BCUT2D eigenvalue weighted by molar-refractivity contribution is 6.17. The van der Waals surface area contributed by atoms with Gasteiger partial charge in [0.05, 0.1) is 18.7 Å². The lowest BCUT2D eigenvalue weighted by molar-refractivity contribution is 0.284. The summed E-state index contributed by atoms with van der Waals surface area (Å²) in [5, 5.41) is 8.86. The molecule has 0 fully saturated rings. The number of halogens is 1. The molecule has 102 valence electrons. The molecule has 0 aliphatic rings. The van der Waals surface area contributed by atoms with Gasteiger partial charge >= 0.3 is 0 Å². The fourth-order valence-corrected chi connectivity index (χ4v) is 1.97. The quantitative estimate of drug-likeness (QED) is 0.784. The Morgan fingerprint density at radius 1 is 1.10 bits per heavy atom. The number of nitriles is 1. The van der Waals surface area contributed by atoms with Crippen LogP contribution in [0.2, 0.25) is 0 Å². The summed E-state index contributed by atoms with van der Waals surface area (Å²) < 4.78 is 11.0. The summed E-state index contributed by atoms with van der Waals surface area (Å²) in [6.45, 7) is 0.381. The van der Waals surface area contributed by atoms with Crippen molar-refractivity contribution >= 4 is 11.6 Å². The average Bonchev–Trinajstić information content (AvgIpc) is 2.52. The van der Waals surface area contributed by atoms with E-state index >= 15 is 0 Å². The molecule has 0 bridgehead atoms. The molecule has 0 heterocycles. The van der Waals surface area contributed by atoms with Gasteiger partial charge in [0.2, 0.25) is 0 Å². The van der Waals surface area contributed by atoms with Gasteiger partial charge in [-0.3, -0.25) is 0 Å². The SMILES string of the molecule is COc1cc(CCl)ccc1OCc1cccc(C#N)c1. The van der Waals surface area contributed by atoms with Gasteiger partial charge in [0.15, 0.2) is 11.5 Å². The molecule has 0 saturated carbocycles. The number of methoxy groups -OCH3 is 1. The van der Waals surface area contributed by atoms with Crippen molar-refractivity contribution in [3.05, 3.63) is 59.2 Å². The molecule has 0 aliphatic carbocycles. The van der Waals surface area contributed by atoms with Crippen molar-refractivity contribution in [3.63, 3.8) is 0 Å². The molecule has 0 N–H and O–H groups in total. The number of ether oxygens (including phenoxy) is 2. The third-order valence-electron chi connectivity index (χ3n) is 2.83. The second kappa shape index (κ2) is 6.83. The molecule has 3 nitrogen and oxygen atoms in total. The van der Waals surface area contributed by atoms with Crippen molar-refractivity contribution in [1.82, 2.24) is 0 Å². The Bertz CT molecular complexity index is 635. The first-order valence-corrected chi connectivity index (χ1v) is 6.65. The van der Waals surface area contributed by atoms with E-state index in [9.17, 15) is 0 Å². The fraction of sp³-hybridized carbons (Fsp3) is 0.188. The summed E-state index contributed by atoms with van der Waals surface area (Å²) in [4.78, 5) is 0. The van der Waals surface area contributed by atoms with Crippen LogP contribution < -0.4 is 9.47 Å². The molecule has 0 spiro atoms. The van der Waals surface area contributed by atoms with Crippen molar-refractivity contribution in [1.29, 1.82) is 5.26 Å². The van der Waals surface area contributed by atoms with Crippen LogP contribution in [0.3, 0.4) is 0 Å². The Balaban J connectivity index is 2.12. The molecular weight excluding hydrogens is 274 g/mol. The van der Waals surface area contributed by atoms with Gasteiger partial charge in [0.1, 0.15) is 6.61 Å². The third-order valence-corrected chi connectivity index (χ3v) is 3.14. The van der Waals surface area contributed by atoms with E-state index in [1.807, 2.05) is 30.3 Å². The Morgan fingerprint density at radius 3 is 2.65 bits per heavy atom. The summed E-state index contributed by atoms with van der Waals surface area (Å²) in [5.74, 6) is 1.74. The van der Waals surface area contributed by atoms with Gasteiger partial charge in [0, 0.05) is 5.88 Å². The van der Waals surface area contributed by atoms with E-state index in [4.69, 9.17) is 26.3 Å². The minimum Gasteiger partial charge on any atom is -0.493 e. The van der Waals surface area contributed by atoms with E-state index in [2.05, 4.69) is 6.07 Å². The van der Waals surface area contributed by atoms with Gasteiger partial charge < -0.3 is 9.47 Å². The minimum atomic E-state index is 0.381. The van der Waals surface area contributed by atoms with Crippen molar-refractivity contribution in [2.45, 2.75) is 12.5 Å². The van der Waals surface area contributed by atoms with Crippen LogP contribution in [-0.2, 0) is 12.5 Å². The van der Waals surface area contributed by atoms with Crippen LogP contribution in [0.1, 0.15) is 16.7 Å². The van der Waals surface area contributed by atoms with Crippen molar-refractivity contribution in [3.8, 4) is 17.6 Å². The minimum absolute atomic E-state index is 0.381. The zero-order valence-corrected chi connectivity index (χ0v) is 11.9. The normalized spacial score (nSPS) is 9.85. The summed E-state index contributed by atoms with van der Waals surface area (Å²) in [7, 11) is 1.59. The lowest BCUT2D eigenvalue weighted by atomic mass is 10.1. The first-order valence-electron chi connectivity index (χ1n) is 6.11. The van der Waals surface area contributed by atoms with Gasteiger partial charge in [-0.15, -0.1) is 11.6 Å². The summed E-state index contributed by atoms with van der Waals surface area (Å²) >= 11 is 5.79. The highest BCUT2D eigenvalue weighted by Crippen LogP contribution is 2.29. The van der Waals surface area contributed by atoms with Gasteiger partial charge in [-0.05, 0) is 35.4 Å². The lowest BCUT2D eigenvalue weighted by Gasteiger charge is -2.11. The van der Waals surface area contributed by atoms with Crippen LogP contribution in [0.5, 0.6) is 11.5 Å². The van der Waals surface area contributed by atoms with Gasteiger partial charge in [-0.1, -0.05) is 18.2 Å². The van der Waals surface area contributed by atoms with E-state index in [1.165, 1.54) is 0 Å². The summed E-state index contributed by atoms with van der Waals surface area (Å²) in [6.07, 6.45) is 0. The Labute approximate surface area is 123 Å². The van der Waals surface area contributed by atoms with E-state index in [1.54, 1.807) is 19.2 Å². The van der Waals surface area contributed by atoms with Gasteiger partial charge in [-0.2, -0.15) is 5.26 Å². The molecule has 2 aromatic carbocycles. The van der Waals surface area contributed by atoms with Crippen LogP contribution in [-0.4, -0.2) is 7.11 Å². The van der Waals surface area contributed by atoms with Crippen LogP contribution >= 0.6 is 11.6 Å². The summed E-state index contributed by atoms with van der Waals surface area (Å²) in [5.41, 5.74) is 2.53. The molecule has 0 aliphatic heterocycles. The first kappa shape index (κ1) is 14.2. The Hall–Kier alpha value is -2.18. The first-order chi connectivity index (χ1) is 9.76. The smallest absolute Gasteiger partial charge is 0.161 e. The maximum Gasteiger partial charge on any atom is 0.161 e. The number of rotatable bonds is 5. The second-order valence-electron chi connectivity index (χ2n) is 4.22. The van der Waals surface area contributed by atoms with E-state index in [0.29, 0.717) is 29.5 Å². The number of hydrogen-bond acceptors (Lipinski definition) is 3. The standard InChI is InChI=1S/C16H14ClNO2/c1-19-16-8-12(9-17)5-6-15(16)20-11-14-4-2-3-13(7-14)10-18/h2-8H,9,11H2,1H3. The zero-order valence-electron chi connectivity index (χ0n) is 11.1. The molecule has 0 aromatic heterocycles. The van der Waals surface area contributed by atoms with Crippen LogP contribution in [0, 0.1) is 11.3 Å². The molecule has 0 amide bonds. The number of alkyl halides is 1. The maximum absolute atomic E-state index is 8.86. The predicted molar refractivity (Wildman–Crippen MR) is 78.0 cm³/mol. The third kappa shape index (κ3) is 3.43. The highest BCUT2D eigenvalue weighted by Gasteiger charge is 2.06. The highest BCUT2D eigenvalue weighted by atomic mass is 35.5. The average molecular weight is 288 g/mol. The number of benzene rings is 2. The molecule has 0 saturated heterocycles. The molecule has 0 radical (unpaired) electrons. The topological polar surface area (TPSA) is 42.2 Å². The van der Waals surface area contributed by atoms with E-state index in [-0.39, 0.29) is 0 Å². The number of nitrogens with zero attached hydrogens (tertiary/aromatic N) is 1. The van der Waals surface area contributed by atoms with Crippen LogP contribution in [0.4, 0.5) is 0 Å². The largest absolute Gasteiger partial charge is 0.493 e. The maximum atomic E-state index is 8.86.